The molecule has 0 fully saturated rings. The number of thioether (sulfide) groups is 1. The van der Waals surface area contributed by atoms with Crippen LogP contribution in [-0.2, 0) is 35.1 Å². The van der Waals surface area contributed by atoms with E-state index in [1.54, 1.807) is 20.8 Å². The predicted molar refractivity (Wildman–Crippen MR) is 159 cm³/mol. The maximum Gasteiger partial charge on any atom is 0.408 e. The van der Waals surface area contributed by atoms with Crippen molar-refractivity contribution in [3.8, 4) is 0 Å². The van der Waals surface area contributed by atoms with Crippen molar-refractivity contribution in [1.29, 1.82) is 0 Å². The number of methoxy groups -OCH3 is 1. The molecule has 1 rings (SSSR count). The standard InChI is InChI=1S/C29H46N4O7S/c1-19(2)17-22(31-26(36)21(14-16-41-7)33-28(38)40-29(3,4)5)27(37)32-23(18-20-11-9-8-10-12-20)25(35)30-15-13-24(34)39-6/h8-12,19,21-23H,13-18H2,1-7H3,(H,30,35)(H,31,36)(H,32,37)(H,33,38). The fourth-order valence-corrected chi connectivity index (χ4v) is 4.25. The van der Waals surface area contributed by atoms with Crippen LogP contribution in [0, 0.1) is 5.92 Å². The molecule has 0 heterocycles. The van der Waals surface area contributed by atoms with Crippen molar-refractivity contribution in [2.45, 2.75) is 84.0 Å². The molecule has 0 saturated heterocycles. The summed E-state index contributed by atoms with van der Waals surface area (Å²) < 4.78 is 9.93. The van der Waals surface area contributed by atoms with E-state index in [2.05, 4.69) is 26.0 Å². The summed E-state index contributed by atoms with van der Waals surface area (Å²) in [6.07, 6.45) is 2.00. The summed E-state index contributed by atoms with van der Waals surface area (Å²) in [5.74, 6) is -1.35. The number of amides is 4. The van der Waals surface area contributed by atoms with Gasteiger partial charge < -0.3 is 30.7 Å². The Hall–Kier alpha value is -3.28. The number of benzene rings is 1. The molecule has 0 bridgehead atoms. The predicted octanol–water partition coefficient (Wildman–Crippen LogP) is 2.57. The zero-order valence-electron chi connectivity index (χ0n) is 25.2. The van der Waals surface area contributed by atoms with Crippen LogP contribution in [0.15, 0.2) is 30.3 Å². The first-order valence-electron chi connectivity index (χ1n) is 13.7. The molecule has 12 heteroatoms. The van der Waals surface area contributed by atoms with Crippen LogP contribution in [0.1, 0.15) is 59.4 Å². The molecule has 4 N–H and O–H groups in total. The highest BCUT2D eigenvalue weighted by Gasteiger charge is 2.31. The van der Waals surface area contributed by atoms with Gasteiger partial charge in [-0.15, -0.1) is 0 Å². The van der Waals surface area contributed by atoms with E-state index in [0.717, 1.165) is 5.56 Å². The molecule has 3 atom stereocenters. The SMILES string of the molecule is COC(=O)CCNC(=O)C(Cc1ccccc1)NC(=O)C(CC(C)C)NC(=O)C(CCSC)NC(=O)OC(C)(C)C. The van der Waals surface area contributed by atoms with Gasteiger partial charge in [-0.1, -0.05) is 44.2 Å². The first-order chi connectivity index (χ1) is 19.2. The highest BCUT2D eigenvalue weighted by Crippen LogP contribution is 2.11. The van der Waals surface area contributed by atoms with Gasteiger partial charge >= 0.3 is 12.1 Å². The lowest BCUT2D eigenvalue weighted by Gasteiger charge is -2.27. The molecule has 0 spiro atoms. The summed E-state index contributed by atoms with van der Waals surface area (Å²) in [6, 6.07) is 6.36. The van der Waals surface area contributed by atoms with Crippen LogP contribution >= 0.6 is 11.8 Å². The van der Waals surface area contributed by atoms with Gasteiger partial charge in [0.05, 0.1) is 13.5 Å². The second-order valence-electron chi connectivity index (χ2n) is 11.0. The van der Waals surface area contributed by atoms with Gasteiger partial charge in [0.15, 0.2) is 0 Å². The number of nitrogens with one attached hydrogen (secondary N) is 4. The number of carbonyl (C=O) groups is 5. The largest absolute Gasteiger partial charge is 0.469 e. The lowest BCUT2D eigenvalue weighted by atomic mass is 10.0. The topological polar surface area (TPSA) is 152 Å². The summed E-state index contributed by atoms with van der Waals surface area (Å²) >= 11 is 1.52. The van der Waals surface area contributed by atoms with Crippen molar-refractivity contribution in [2.75, 3.05) is 25.7 Å². The van der Waals surface area contributed by atoms with E-state index in [1.807, 2.05) is 50.4 Å². The third kappa shape index (κ3) is 15.3. The Bertz CT molecular complexity index is 999. The van der Waals surface area contributed by atoms with Gasteiger partial charge in [0.1, 0.15) is 23.7 Å². The molecular weight excluding hydrogens is 548 g/mol. The second kappa shape index (κ2) is 18.2. The fourth-order valence-electron chi connectivity index (χ4n) is 3.77. The minimum atomic E-state index is -0.958. The van der Waals surface area contributed by atoms with Gasteiger partial charge in [0.25, 0.3) is 0 Å². The molecule has 0 radical (unpaired) electrons. The number of carbonyl (C=O) groups excluding carboxylic acids is 5. The molecule has 230 valence electrons. The fraction of sp³-hybridized carbons (Fsp3) is 0.621. The van der Waals surface area contributed by atoms with Crippen LogP contribution in [0.3, 0.4) is 0 Å². The molecule has 0 aliphatic rings. The summed E-state index contributed by atoms with van der Waals surface area (Å²) in [5.41, 5.74) is 0.0830. The number of hydrogen-bond acceptors (Lipinski definition) is 8. The van der Waals surface area contributed by atoms with Gasteiger partial charge in [-0.05, 0) is 57.1 Å². The van der Waals surface area contributed by atoms with Gasteiger partial charge in [-0.25, -0.2) is 4.79 Å². The van der Waals surface area contributed by atoms with Gasteiger partial charge in [0, 0.05) is 13.0 Å². The highest BCUT2D eigenvalue weighted by molar-refractivity contribution is 7.98. The Morgan fingerprint density at radius 1 is 0.878 bits per heavy atom. The summed E-state index contributed by atoms with van der Waals surface area (Å²) in [6.45, 7) is 9.06. The van der Waals surface area contributed by atoms with Crippen molar-refractivity contribution in [1.82, 2.24) is 21.3 Å². The average Bonchev–Trinajstić information content (AvgIpc) is 2.89. The lowest BCUT2D eigenvalue weighted by Crippen LogP contribution is -2.57. The zero-order chi connectivity index (χ0) is 31.0. The summed E-state index contributed by atoms with van der Waals surface area (Å²) in [7, 11) is 1.26. The number of alkyl carbamates (subject to hydrolysis) is 1. The van der Waals surface area contributed by atoms with Crippen LogP contribution in [0.25, 0.3) is 0 Å². The molecule has 0 aromatic heterocycles. The van der Waals surface area contributed by atoms with Crippen LogP contribution in [0.4, 0.5) is 4.79 Å². The normalized spacial score (nSPS) is 13.4. The first kappa shape index (κ1) is 35.7. The van der Waals surface area contributed by atoms with E-state index in [-0.39, 0.29) is 25.3 Å². The summed E-state index contributed by atoms with van der Waals surface area (Å²) in [4.78, 5) is 63.7. The van der Waals surface area contributed by atoms with Crippen LogP contribution < -0.4 is 21.3 Å². The average molecular weight is 595 g/mol. The van der Waals surface area contributed by atoms with Crippen molar-refractivity contribution < 1.29 is 33.4 Å². The van der Waals surface area contributed by atoms with Crippen LogP contribution in [0.5, 0.6) is 0 Å². The molecule has 1 aromatic rings. The monoisotopic (exact) mass is 594 g/mol. The Balaban J connectivity index is 3.08. The van der Waals surface area contributed by atoms with Gasteiger partial charge in [-0.2, -0.15) is 11.8 Å². The number of rotatable bonds is 16. The molecule has 0 aliphatic heterocycles. The Morgan fingerprint density at radius 3 is 2.05 bits per heavy atom. The van der Waals surface area contributed by atoms with Crippen molar-refractivity contribution in [3.63, 3.8) is 0 Å². The van der Waals surface area contributed by atoms with E-state index < -0.39 is 53.5 Å². The smallest absolute Gasteiger partial charge is 0.408 e. The molecule has 1 aromatic carbocycles. The quantitative estimate of drug-likeness (QED) is 0.213. The summed E-state index contributed by atoms with van der Waals surface area (Å²) in [5, 5.41) is 10.8. The zero-order valence-corrected chi connectivity index (χ0v) is 26.0. The number of ether oxygens (including phenoxy) is 2. The maximum absolute atomic E-state index is 13.5. The van der Waals surface area contributed by atoms with E-state index in [1.165, 1.54) is 18.9 Å². The molecule has 0 saturated carbocycles. The van der Waals surface area contributed by atoms with E-state index in [4.69, 9.17) is 4.74 Å². The van der Waals surface area contributed by atoms with Crippen molar-refractivity contribution in [2.24, 2.45) is 5.92 Å². The number of hydrogen-bond donors (Lipinski definition) is 4. The molecule has 0 aliphatic carbocycles. The molecule has 4 amide bonds. The minimum Gasteiger partial charge on any atom is -0.469 e. The Morgan fingerprint density at radius 2 is 1.49 bits per heavy atom. The molecular formula is C29H46N4O7S. The van der Waals surface area contributed by atoms with Crippen LogP contribution in [0.2, 0.25) is 0 Å². The Labute approximate surface area is 247 Å². The van der Waals surface area contributed by atoms with Gasteiger partial charge in [0.2, 0.25) is 17.7 Å². The minimum absolute atomic E-state index is 0.0116. The van der Waals surface area contributed by atoms with Crippen LogP contribution in [-0.4, -0.2) is 79.2 Å². The first-order valence-corrected chi connectivity index (χ1v) is 15.1. The lowest BCUT2D eigenvalue weighted by molar-refractivity contribution is -0.140. The van der Waals surface area contributed by atoms with Gasteiger partial charge in [-0.3, -0.25) is 19.2 Å². The second-order valence-corrected chi connectivity index (χ2v) is 12.0. The maximum atomic E-state index is 13.5. The van der Waals surface area contributed by atoms with E-state index in [0.29, 0.717) is 18.6 Å². The third-order valence-corrected chi connectivity index (χ3v) is 6.37. The van der Waals surface area contributed by atoms with Crippen molar-refractivity contribution >= 4 is 41.5 Å². The molecule has 11 nitrogen and oxygen atoms in total. The van der Waals surface area contributed by atoms with E-state index in [9.17, 15) is 24.0 Å². The van der Waals surface area contributed by atoms with Crippen molar-refractivity contribution in [3.05, 3.63) is 35.9 Å². The molecule has 3 unspecified atom stereocenters. The highest BCUT2D eigenvalue weighted by atomic mass is 32.2. The molecule has 41 heavy (non-hydrogen) atoms. The van der Waals surface area contributed by atoms with E-state index >= 15 is 0 Å². The Kier molecular flexibility index (Phi) is 15.9. The third-order valence-electron chi connectivity index (χ3n) is 5.73. The number of esters is 1.